The van der Waals surface area contributed by atoms with Crippen LogP contribution in [0, 0.1) is 17.3 Å². The van der Waals surface area contributed by atoms with E-state index in [1.165, 1.54) is 35.3 Å². The van der Waals surface area contributed by atoms with Crippen molar-refractivity contribution in [1.29, 1.82) is 0 Å². The first-order valence-corrected chi connectivity index (χ1v) is 14.8. The number of piperidine rings is 1. The fraction of sp³-hybridized carbons (Fsp3) is 0.700. The Hall–Kier alpha value is -2.61. The van der Waals surface area contributed by atoms with Crippen LogP contribution in [0.2, 0.25) is 0 Å². The summed E-state index contributed by atoms with van der Waals surface area (Å²) < 4.78 is 0. The Morgan fingerprint density at radius 3 is 2.47 bits per heavy atom. The van der Waals surface area contributed by atoms with Crippen LogP contribution < -0.4 is 10.6 Å². The van der Waals surface area contributed by atoms with Crippen molar-refractivity contribution in [3.05, 3.63) is 35.4 Å². The molecule has 3 N–H and O–H groups in total. The molecule has 38 heavy (non-hydrogen) atoms. The van der Waals surface area contributed by atoms with Crippen LogP contribution in [0.25, 0.3) is 0 Å². The molecule has 2 aliphatic carbocycles. The molecule has 3 saturated heterocycles. The summed E-state index contributed by atoms with van der Waals surface area (Å²) >= 11 is 0. The third kappa shape index (κ3) is 4.80. The molecule has 1 aromatic rings. The van der Waals surface area contributed by atoms with Crippen molar-refractivity contribution in [1.82, 2.24) is 20.4 Å². The van der Waals surface area contributed by atoms with Gasteiger partial charge in [0.25, 0.3) is 0 Å². The zero-order valence-electron chi connectivity index (χ0n) is 22.4. The Kier molecular flexibility index (Phi) is 7.10. The highest BCUT2D eigenvalue weighted by Gasteiger charge is 2.53. The number of likely N-dealkylation sites (tertiary alicyclic amines) is 2. The van der Waals surface area contributed by atoms with E-state index >= 15 is 0 Å². The molecule has 0 aromatic heterocycles. The van der Waals surface area contributed by atoms with Crippen LogP contribution in [-0.4, -0.2) is 71.1 Å². The summed E-state index contributed by atoms with van der Waals surface area (Å²) in [7, 11) is 0. The molecule has 0 bridgehead atoms. The lowest BCUT2D eigenvalue weighted by Crippen LogP contribution is -2.53. The molecule has 3 amide bonds. The van der Waals surface area contributed by atoms with Gasteiger partial charge in [0.05, 0.1) is 6.04 Å². The monoisotopic (exact) mass is 522 g/mol. The predicted molar refractivity (Wildman–Crippen MR) is 144 cm³/mol. The first kappa shape index (κ1) is 25.7. The van der Waals surface area contributed by atoms with Gasteiger partial charge in [-0.15, -0.1) is 0 Å². The van der Waals surface area contributed by atoms with Crippen molar-refractivity contribution in [2.75, 3.05) is 26.2 Å². The molecule has 206 valence electrons. The second-order valence-corrected chi connectivity index (χ2v) is 12.6. The van der Waals surface area contributed by atoms with Crippen molar-refractivity contribution in [3.8, 4) is 0 Å². The van der Waals surface area contributed by atoms with E-state index in [1.54, 1.807) is 4.90 Å². The quantitative estimate of drug-likeness (QED) is 0.560. The number of benzene rings is 1. The van der Waals surface area contributed by atoms with Gasteiger partial charge in [0.2, 0.25) is 11.8 Å². The number of nitrogens with zero attached hydrogens (tertiary/aromatic N) is 2. The first-order chi connectivity index (χ1) is 18.4. The van der Waals surface area contributed by atoms with Crippen molar-refractivity contribution in [3.63, 3.8) is 0 Å². The Labute approximate surface area is 225 Å². The zero-order chi connectivity index (χ0) is 26.3. The Morgan fingerprint density at radius 1 is 0.947 bits per heavy atom. The Bertz CT molecular complexity index is 1060. The van der Waals surface area contributed by atoms with E-state index in [1.807, 2.05) is 12.1 Å². The lowest BCUT2D eigenvalue weighted by atomic mass is 9.77. The Morgan fingerprint density at radius 2 is 1.71 bits per heavy atom. The second kappa shape index (κ2) is 10.5. The summed E-state index contributed by atoms with van der Waals surface area (Å²) in [4.78, 5) is 43.5. The standard InChI is InChI=1S/C30H42N4O4/c35-27(32-24-11-10-21-8-4-5-9-23(21)24)25-16-22(20-6-2-1-3-7-20)18-33(25)28(36)26-17-30(12-14-31-15-13-30)19-34(26)29(37)38/h4-5,8-9,20,22,24-26,31H,1-3,6-7,10-19H2,(H,32,35)(H,37,38)/t22-,24-,25+,26?/m1/s1. The van der Waals surface area contributed by atoms with Gasteiger partial charge in [0.15, 0.2) is 0 Å². The highest BCUT2D eigenvalue weighted by molar-refractivity contribution is 5.92. The van der Waals surface area contributed by atoms with E-state index in [0.29, 0.717) is 37.8 Å². The predicted octanol–water partition coefficient (Wildman–Crippen LogP) is 3.71. The van der Waals surface area contributed by atoms with E-state index in [0.717, 1.165) is 51.6 Å². The molecule has 1 saturated carbocycles. The summed E-state index contributed by atoms with van der Waals surface area (Å²) in [6, 6.07) is 7.04. The van der Waals surface area contributed by atoms with Crippen molar-refractivity contribution in [2.24, 2.45) is 17.3 Å². The van der Waals surface area contributed by atoms with Gasteiger partial charge in [-0.3, -0.25) is 14.5 Å². The summed E-state index contributed by atoms with van der Waals surface area (Å²) in [6.07, 6.45) is 9.86. The summed E-state index contributed by atoms with van der Waals surface area (Å²) in [5.74, 6) is 0.611. The van der Waals surface area contributed by atoms with Crippen LogP contribution in [0.5, 0.6) is 0 Å². The smallest absolute Gasteiger partial charge is 0.407 e. The minimum absolute atomic E-state index is 0.0237. The normalized spacial score (nSPS) is 30.9. The van der Waals surface area contributed by atoms with Crippen LogP contribution in [0.15, 0.2) is 24.3 Å². The zero-order valence-corrected chi connectivity index (χ0v) is 22.4. The third-order valence-electron chi connectivity index (χ3n) is 10.4. The molecular formula is C30H42N4O4. The lowest BCUT2D eigenvalue weighted by Gasteiger charge is -2.33. The number of rotatable bonds is 4. The Balaban J connectivity index is 1.23. The van der Waals surface area contributed by atoms with Gasteiger partial charge >= 0.3 is 6.09 Å². The average molecular weight is 523 g/mol. The minimum atomic E-state index is -1.02. The van der Waals surface area contributed by atoms with Gasteiger partial charge in [-0.05, 0) is 80.0 Å². The maximum atomic E-state index is 14.2. The number of carbonyl (C=O) groups excluding carboxylic acids is 2. The fourth-order valence-corrected chi connectivity index (χ4v) is 8.27. The number of hydrogen-bond acceptors (Lipinski definition) is 4. The molecule has 0 radical (unpaired) electrons. The number of hydrogen-bond donors (Lipinski definition) is 3. The maximum absolute atomic E-state index is 14.2. The van der Waals surface area contributed by atoms with E-state index in [-0.39, 0.29) is 23.3 Å². The summed E-state index contributed by atoms with van der Waals surface area (Å²) in [6.45, 7) is 2.70. The van der Waals surface area contributed by atoms with E-state index in [2.05, 4.69) is 22.8 Å². The van der Waals surface area contributed by atoms with Crippen LogP contribution in [0.4, 0.5) is 4.79 Å². The molecule has 4 atom stereocenters. The van der Waals surface area contributed by atoms with Crippen molar-refractivity contribution in [2.45, 2.75) is 88.8 Å². The molecule has 4 fully saturated rings. The molecule has 5 aliphatic rings. The van der Waals surface area contributed by atoms with Gasteiger partial charge < -0.3 is 20.6 Å². The van der Waals surface area contributed by atoms with Gasteiger partial charge in [-0.25, -0.2) is 4.79 Å². The van der Waals surface area contributed by atoms with Gasteiger partial charge in [0.1, 0.15) is 12.1 Å². The van der Waals surface area contributed by atoms with E-state index in [4.69, 9.17) is 0 Å². The summed E-state index contributed by atoms with van der Waals surface area (Å²) in [5.41, 5.74) is 2.33. The van der Waals surface area contributed by atoms with Crippen LogP contribution in [0.1, 0.15) is 81.4 Å². The van der Waals surface area contributed by atoms with E-state index < -0.39 is 18.2 Å². The lowest BCUT2D eigenvalue weighted by molar-refractivity contribution is -0.141. The highest BCUT2D eigenvalue weighted by Crippen LogP contribution is 2.44. The average Bonchev–Trinajstić information content (AvgIpc) is 3.66. The number of carboxylic acid groups (broad SMARTS) is 1. The second-order valence-electron chi connectivity index (χ2n) is 12.6. The SMILES string of the molecule is O=C(N[C@@H]1CCc2ccccc21)[C@@H]1C[C@@H](C2CCCCC2)CN1C(=O)C1CC2(CCNCC2)CN1C(=O)O. The van der Waals surface area contributed by atoms with Gasteiger partial charge in [-0.2, -0.15) is 0 Å². The minimum Gasteiger partial charge on any atom is -0.465 e. The molecule has 1 aromatic carbocycles. The number of nitrogens with one attached hydrogen (secondary N) is 2. The number of carbonyl (C=O) groups is 3. The first-order valence-electron chi connectivity index (χ1n) is 14.8. The molecule has 1 spiro atoms. The fourth-order valence-electron chi connectivity index (χ4n) is 8.27. The third-order valence-corrected chi connectivity index (χ3v) is 10.4. The number of aryl methyl sites for hydroxylation is 1. The van der Waals surface area contributed by atoms with Crippen LogP contribution in [0.3, 0.4) is 0 Å². The van der Waals surface area contributed by atoms with Gasteiger partial charge in [0, 0.05) is 13.1 Å². The molecular weight excluding hydrogens is 480 g/mol. The van der Waals surface area contributed by atoms with Crippen molar-refractivity contribution < 1.29 is 19.5 Å². The largest absolute Gasteiger partial charge is 0.465 e. The highest BCUT2D eigenvalue weighted by atomic mass is 16.4. The molecule has 8 nitrogen and oxygen atoms in total. The van der Waals surface area contributed by atoms with Crippen LogP contribution in [-0.2, 0) is 16.0 Å². The van der Waals surface area contributed by atoms with E-state index in [9.17, 15) is 19.5 Å². The number of fused-ring (bicyclic) bond motifs is 1. The molecule has 3 heterocycles. The molecule has 3 aliphatic heterocycles. The summed E-state index contributed by atoms with van der Waals surface area (Å²) in [5, 5.41) is 16.7. The number of amides is 3. The van der Waals surface area contributed by atoms with Crippen molar-refractivity contribution >= 4 is 17.9 Å². The topological polar surface area (TPSA) is 102 Å². The van der Waals surface area contributed by atoms with Gasteiger partial charge in [-0.1, -0.05) is 56.4 Å². The maximum Gasteiger partial charge on any atom is 0.407 e. The molecule has 1 unspecified atom stereocenters. The van der Waals surface area contributed by atoms with Crippen LogP contribution >= 0.6 is 0 Å². The molecule has 8 heteroatoms. The molecule has 6 rings (SSSR count).